The van der Waals surface area contributed by atoms with E-state index in [1.54, 1.807) is 11.3 Å². The number of Topliss-reactive ketones (excluding diaryl/α,β-unsaturated/α-hetero) is 1. The van der Waals surface area contributed by atoms with Crippen molar-refractivity contribution < 1.29 is 4.79 Å². The Balaban J connectivity index is 1.88. The van der Waals surface area contributed by atoms with Gasteiger partial charge in [0.1, 0.15) is 5.78 Å². The van der Waals surface area contributed by atoms with E-state index in [9.17, 15) is 4.79 Å². The maximum absolute atomic E-state index is 13.0. The zero-order valence-corrected chi connectivity index (χ0v) is 14.8. The van der Waals surface area contributed by atoms with Gasteiger partial charge in [0.2, 0.25) is 0 Å². The lowest BCUT2D eigenvalue weighted by molar-refractivity contribution is -0.123. The van der Waals surface area contributed by atoms with Gasteiger partial charge in [-0.05, 0) is 29.0 Å². The first-order valence-electron chi connectivity index (χ1n) is 7.85. The van der Waals surface area contributed by atoms with Crippen molar-refractivity contribution in [2.45, 2.75) is 30.4 Å². The fourth-order valence-corrected chi connectivity index (χ4v) is 5.81. The van der Waals surface area contributed by atoms with Gasteiger partial charge in [-0.1, -0.05) is 38.1 Å². The van der Waals surface area contributed by atoms with Gasteiger partial charge in [-0.2, -0.15) is 0 Å². The monoisotopic (exact) mass is 341 g/mol. The van der Waals surface area contributed by atoms with Crippen LogP contribution in [-0.2, 0) is 4.79 Å². The van der Waals surface area contributed by atoms with Gasteiger partial charge in [0.15, 0.2) is 0 Å². The van der Waals surface area contributed by atoms with E-state index in [1.807, 2.05) is 17.8 Å². The van der Waals surface area contributed by atoms with Crippen LogP contribution in [-0.4, -0.2) is 5.78 Å². The second kappa shape index (κ2) is 5.53. The molecule has 118 valence electrons. The summed E-state index contributed by atoms with van der Waals surface area (Å²) in [6.45, 7) is 4.28. The topological polar surface area (TPSA) is 29.1 Å². The molecular formula is C19H19NOS2. The molecule has 1 aliphatic carbocycles. The quantitative estimate of drug-likeness (QED) is 0.742. The van der Waals surface area contributed by atoms with E-state index < -0.39 is 0 Å². The Bertz CT molecular complexity index is 776. The van der Waals surface area contributed by atoms with Gasteiger partial charge in [-0.15, -0.1) is 23.1 Å². The molecule has 2 aromatic rings. The lowest BCUT2D eigenvalue weighted by atomic mass is 9.74. The van der Waals surface area contributed by atoms with Gasteiger partial charge < -0.3 is 5.32 Å². The molecule has 0 spiro atoms. The highest BCUT2D eigenvalue weighted by Crippen LogP contribution is 2.53. The zero-order valence-electron chi connectivity index (χ0n) is 13.2. The Labute approximate surface area is 145 Å². The number of nitrogens with one attached hydrogen (secondary N) is 1. The first-order chi connectivity index (χ1) is 11.0. The molecule has 2 nitrogen and oxygen atoms in total. The van der Waals surface area contributed by atoms with Gasteiger partial charge in [-0.25, -0.2) is 0 Å². The van der Waals surface area contributed by atoms with Gasteiger partial charge >= 0.3 is 0 Å². The number of anilines is 1. The number of thioether (sulfide) groups is 1. The molecule has 0 saturated carbocycles. The second-order valence-electron chi connectivity index (χ2n) is 6.88. The summed E-state index contributed by atoms with van der Waals surface area (Å²) in [4.78, 5) is 15.5. The fraction of sp³-hybridized carbons (Fsp3) is 0.316. The maximum atomic E-state index is 13.0. The Morgan fingerprint density at radius 2 is 2.00 bits per heavy atom. The molecule has 4 rings (SSSR count). The number of ketones is 1. The third kappa shape index (κ3) is 2.74. The van der Waals surface area contributed by atoms with Crippen LogP contribution >= 0.6 is 23.1 Å². The second-order valence-corrected chi connectivity index (χ2v) is 9.05. The minimum atomic E-state index is -0.0842. The molecule has 1 aromatic heterocycles. The van der Waals surface area contributed by atoms with E-state index in [1.165, 1.54) is 9.77 Å². The summed E-state index contributed by atoms with van der Waals surface area (Å²) in [6.07, 6.45) is 2.88. The summed E-state index contributed by atoms with van der Waals surface area (Å²) in [7, 11) is 0. The largest absolute Gasteiger partial charge is 0.358 e. The van der Waals surface area contributed by atoms with Crippen LogP contribution in [0.1, 0.15) is 30.4 Å². The van der Waals surface area contributed by atoms with Gasteiger partial charge in [0, 0.05) is 21.9 Å². The third-order valence-electron chi connectivity index (χ3n) is 4.40. The van der Waals surface area contributed by atoms with Crippen LogP contribution in [0.25, 0.3) is 0 Å². The molecule has 1 aliphatic heterocycles. The molecule has 0 amide bonds. The lowest BCUT2D eigenvalue weighted by Gasteiger charge is -2.34. The van der Waals surface area contributed by atoms with Crippen molar-refractivity contribution in [2.24, 2.45) is 11.3 Å². The highest BCUT2D eigenvalue weighted by Gasteiger charge is 2.42. The predicted octanol–water partition coefficient (Wildman–Crippen LogP) is 5.51. The van der Waals surface area contributed by atoms with Crippen LogP contribution in [0.3, 0.4) is 0 Å². The number of hydrogen-bond donors (Lipinski definition) is 1. The van der Waals surface area contributed by atoms with Crippen LogP contribution in [0.2, 0.25) is 0 Å². The summed E-state index contributed by atoms with van der Waals surface area (Å²) in [5.41, 5.74) is 2.10. The smallest absolute Gasteiger partial charge is 0.144 e. The summed E-state index contributed by atoms with van der Waals surface area (Å²) in [5, 5.41) is 5.82. The van der Waals surface area contributed by atoms with Crippen LogP contribution in [0.15, 0.2) is 58.4 Å². The van der Waals surface area contributed by atoms with Gasteiger partial charge in [0.05, 0.1) is 16.9 Å². The highest BCUT2D eigenvalue weighted by molar-refractivity contribution is 7.99. The molecule has 23 heavy (non-hydrogen) atoms. The molecule has 1 N–H and O–H groups in total. The number of rotatable bonds is 1. The van der Waals surface area contributed by atoms with Crippen molar-refractivity contribution in [1.29, 1.82) is 0 Å². The van der Waals surface area contributed by atoms with Crippen molar-refractivity contribution in [3.63, 3.8) is 0 Å². The molecule has 2 atom stereocenters. The van der Waals surface area contributed by atoms with Crippen molar-refractivity contribution in [3.8, 4) is 0 Å². The molecule has 0 bridgehead atoms. The van der Waals surface area contributed by atoms with E-state index in [2.05, 4.69) is 61.0 Å². The van der Waals surface area contributed by atoms with E-state index in [0.29, 0.717) is 12.2 Å². The Kier molecular flexibility index (Phi) is 3.62. The average Bonchev–Trinajstić information content (AvgIpc) is 2.95. The summed E-state index contributed by atoms with van der Waals surface area (Å²) >= 11 is 3.55. The number of benzene rings is 1. The molecule has 0 saturated heterocycles. The van der Waals surface area contributed by atoms with Gasteiger partial charge in [0.25, 0.3) is 0 Å². The normalized spacial score (nSPS) is 25.7. The molecule has 2 heterocycles. The van der Waals surface area contributed by atoms with Crippen molar-refractivity contribution >= 4 is 34.6 Å². The SMILES string of the molecule is CC1(C)C=C2Nc3ccccc3S[C@@H](c3cccs3)[C@@H]2C(=O)C1. The van der Waals surface area contributed by atoms with E-state index >= 15 is 0 Å². The number of allylic oxidation sites excluding steroid dienone is 2. The predicted molar refractivity (Wildman–Crippen MR) is 98.0 cm³/mol. The van der Waals surface area contributed by atoms with Crippen molar-refractivity contribution in [3.05, 3.63) is 58.4 Å². The lowest BCUT2D eigenvalue weighted by Crippen LogP contribution is -2.33. The Morgan fingerprint density at radius 1 is 1.17 bits per heavy atom. The number of carbonyl (C=O) groups is 1. The number of fused-ring (bicyclic) bond motifs is 2. The van der Waals surface area contributed by atoms with Crippen LogP contribution in [0, 0.1) is 11.3 Å². The van der Waals surface area contributed by atoms with Crippen molar-refractivity contribution in [2.75, 3.05) is 5.32 Å². The number of carbonyl (C=O) groups excluding carboxylic acids is 1. The van der Waals surface area contributed by atoms with E-state index in [4.69, 9.17) is 0 Å². The van der Waals surface area contributed by atoms with Crippen molar-refractivity contribution in [1.82, 2.24) is 0 Å². The van der Waals surface area contributed by atoms with E-state index in [0.717, 1.165) is 11.4 Å². The highest BCUT2D eigenvalue weighted by atomic mass is 32.2. The van der Waals surface area contributed by atoms with Crippen LogP contribution < -0.4 is 5.32 Å². The number of thiophene rings is 1. The van der Waals surface area contributed by atoms with E-state index in [-0.39, 0.29) is 16.6 Å². The molecule has 1 aromatic carbocycles. The number of hydrogen-bond acceptors (Lipinski definition) is 4. The molecular weight excluding hydrogens is 322 g/mol. The zero-order chi connectivity index (χ0) is 16.0. The van der Waals surface area contributed by atoms with Crippen LogP contribution in [0.4, 0.5) is 5.69 Å². The van der Waals surface area contributed by atoms with Crippen LogP contribution in [0.5, 0.6) is 0 Å². The Morgan fingerprint density at radius 3 is 2.78 bits per heavy atom. The Hall–Kier alpha value is -1.52. The maximum Gasteiger partial charge on any atom is 0.144 e. The first kappa shape index (κ1) is 15.0. The average molecular weight is 342 g/mol. The third-order valence-corrected chi connectivity index (χ3v) is 6.90. The fourth-order valence-electron chi connectivity index (χ4n) is 3.45. The molecule has 0 unspecified atom stereocenters. The summed E-state index contributed by atoms with van der Waals surface area (Å²) in [5.74, 6) is 0.262. The molecule has 0 radical (unpaired) electrons. The minimum Gasteiger partial charge on any atom is -0.358 e. The first-order valence-corrected chi connectivity index (χ1v) is 9.61. The minimum absolute atomic E-state index is 0.0835. The molecule has 0 fully saturated rings. The molecule has 4 heteroatoms. The van der Waals surface area contributed by atoms with Gasteiger partial charge in [-0.3, -0.25) is 4.79 Å². The molecule has 2 aliphatic rings. The number of para-hydroxylation sites is 1. The summed E-state index contributed by atoms with van der Waals surface area (Å²) < 4.78 is 0. The summed E-state index contributed by atoms with van der Waals surface area (Å²) in [6, 6.07) is 12.6. The standard InChI is InChI=1S/C19H19NOS2/c1-19(2)10-13-17(14(21)11-19)18(16-8-5-9-22-16)23-15-7-4-3-6-12(15)20-13/h3-10,17-18,20H,11H2,1-2H3/t17-,18-/m0/s1.